The summed E-state index contributed by atoms with van der Waals surface area (Å²) in [5, 5.41) is 2.89. The highest BCUT2D eigenvalue weighted by molar-refractivity contribution is 7.89. The van der Waals surface area contributed by atoms with E-state index >= 15 is 0 Å². The fourth-order valence-corrected chi connectivity index (χ4v) is 4.23. The molecule has 0 aromatic heterocycles. The van der Waals surface area contributed by atoms with E-state index in [0.29, 0.717) is 38.4 Å². The van der Waals surface area contributed by atoms with Crippen molar-refractivity contribution < 1.29 is 17.9 Å². The van der Waals surface area contributed by atoms with Crippen molar-refractivity contribution >= 4 is 15.9 Å². The van der Waals surface area contributed by atoms with Crippen LogP contribution in [0, 0.1) is 6.92 Å². The molecule has 140 valence electrons. The molecule has 0 unspecified atom stereocenters. The number of benzene rings is 1. The number of aryl methyl sites for hydroxylation is 1. The summed E-state index contributed by atoms with van der Waals surface area (Å²) in [5.41, 5.74) is 1.19. The minimum Gasteiger partial charge on any atom is -0.379 e. The van der Waals surface area contributed by atoms with Gasteiger partial charge in [0.15, 0.2) is 0 Å². The van der Waals surface area contributed by atoms with Crippen LogP contribution in [0.3, 0.4) is 0 Å². The van der Waals surface area contributed by atoms with E-state index in [2.05, 4.69) is 12.2 Å². The summed E-state index contributed by atoms with van der Waals surface area (Å²) in [7, 11) is -3.59. The zero-order chi connectivity index (χ0) is 18.3. The summed E-state index contributed by atoms with van der Waals surface area (Å²) in [5.74, 6) is -0.215. The molecule has 7 heteroatoms. The molecule has 1 aromatic rings. The number of morpholine rings is 1. The Hall–Kier alpha value is -1.44. The molecule has 0 spiro atoms. The molecule has 1 aliphatic rings. The zero-order valence-corrected chi connectivity index (χ0v) is 15.9. The number of hydrogen-bond donors (Lipinski definition) is 1. The predicted octanol–water partition coefficient (Wildman–Crippen LogP) is 2.33. The van der Waals surface area contributed by atoms with Crippen molar-refractivity contribution in [1.82, 2.24) is 9.62 Å². The normalized spacial score (nSPS) is 15.9. The van der Waals surface area contributed by atoms with Gasteiger partial charge in [0, 0.05) is 25.2 Å². The topological polar surface area (TPSA) is 75.7 Å². The van der Waals surface area contributed by atoms with Crippen LogP contribution in [0.5, 0.6) is 0 Å². The maximum absolute atomic E-state index is 12.7. The van der Waals surface area contributed by atoms with Crippen LogP contribution < -0.4 is 5.32 Å². The third kappa shape index (κ3) is 5.26. The number of ether oxygens (including phenoxy) is 1. The second-order valence-corrected chi connectivity index (χ2v) is 8.25. The van der Waals surface area contributed by atoms with Gasteiger partial charge in [-0.1, -0.05) is 32.3 Å². The average molecular weight is 368 g/mol. The van der Waals surface area contributed by atoms with Gasteiger partial charge < -0.3 is 10.1 Å². The van der Waals surface area contributed by atoms with Gasteiger partial charge in [-0.05, 0) is 31.0 Å². The smallest absolute Gasteiger partial charge is 0.251 e. The molecule has 2 rings (SSSR count). The van der Waals surface area contributed by atoms with Crippen LogP contribution in [-0.2, 0) is 14.8 Å². The van der Waals surface area contributed by atoms with Crippen LogP contribution in [0.2, 0.25) is 0 Å². The van der Waals surface area contributed by atoms with Gasteiger partial charge in [0.05, 0.1) is 18.1 Å². The maximum Gasteiger partial charge on any atom is 0.251 e. The minimum atomic E-state index is -3.59. The first kappa shape index (κ1) is 19.9. The fourth-order valence-electron chi connectivity index (χ4n) is 2.79. The Morgan fingerprint density at radius 1 is 1.20 bits per heavy atom. The Labute approximate surface area is 150 Å². The van der Waals surface area contributed by atoms with Crippen molar-refractivity contribution in [2.24, 2.45) is 0 Å². The van der Waals surface area contributed by atoms with E-state index in [0.717, 1.165) is 31.2 Å². The number of nitrogens with one attached hydrogen (secondary N) is 1. The van der Waals surface area contributed by atoms with Crippen LogP contribution in [0.4, 0.5) is 0 Å². The molecule has 6 nitrogen and oxygen atoms in total. The summed E-state index contributed by atoms with van der Waals surface area (Å²) in [6.07, 6.45) is 4.32. The van der Waals surface area contributed by atoms with Gasteiger partial charge in [0.25, 0.3) is 5.91 Å². The highest BCUT2D eigenvalue weighted by atomic mass is 32.2. The van der Waals surface area contributed by atoms with Crippen LogP contribution in [0.1, 0.15) is 48.5 Å². The number of rotatable bonds is 8. The summed E-state index contributed by atoms with van der Waals surface area (Å²) in [6.45, 7) is 6.05. The second-order valence-electron chi connectivity index (χ2n) is 6.31. The molecule has 0 radical (unpaired) electrons. The Balaban J connectivity index is 2.09. The van der Waals surface area contributed by atoms with Gasteiger partial charge in [0.1, 0.15) is 0 Å². The SMILES string of the molecule is CCCCCCNC(=O)c1cc(S(=O)(=O)N2CCOCC2)ccc1C. The molecule has 0 aliphatic carbocycles. The van der Waals surface area contributed by atoms with Crippen molar-refractivity contribution in [1.29, 1.82) is 0 Å². The molecule has 1 aromatic carbocycles. The fraction of sp³-hybridized carbons (Fsp3) is 0.611. The monoisotopic (exact) mass is 368 g/mol. The summed E-state index contributed by atoms with van der Waals surface area (Å²) >= 11 is 0. The number of unbranched alkanes of at least 4 members (excludes halogenated alkanes) is 3. The van der Waals surface area contributed by atoms with Gasteiger partial charge >= 0.3 is 0 Å². The van der Waals surface area contributed by atoms with Gasteiger partial charge in [-0.3, -0.25) is 4.79 Å². The molecular weight excluding hydrogens is 340 g/mol. The molecule has 1 fully saturated rings. The Kier molecular flexibility index (Phi) is 7.40. The third-order valence-corrected chi connectivity index (χ3v) is 6.27. The molecule has 1 aliphatic heterocycles. The molecule has 25 heavy (non-hydrogen) atoms. The molecule has 0 atom stereocenters. The molecule has 0 bridgehead atoms. The Morgan fingerprint density at radius 2 is 1.92 bits per heavy atom. The van der Waals surface area contributed by atoms with Gasteiger partial charge in [-0.25, -0.2) is 8.42 Å². The van der Waals surface area contributed by atoms with Crippen molar-refractivity contribution in [2.45, 2.75) is 44.4 Å². The molecule has 1 amide bonds. The Morgan fingerprint density at radius 3 is 2.60 bits per heavy atom. The third-order valence-electron chi connectivity index (χ3n) is 4.38. The lowest BCUT2D eigenvalue weighted by molar-refractivity contribution is 0.0730. The minimum absolute atomic E-state index is 0.163. The highest BCUT2D eigenvalue weighted by Crippen LogP contribution is 2.20. The first-order chi connectivity index (χ1) is 12.0. The molecule has 0 saturated carbocycles. The zero-order valence-electron chi connectivity index (χ0n) is 15.1. The number of carbonyl (C=O) groups excluding carboxylic acids is 1. The number of amides is 1. The lowest BCUT2D eigenvalue weighted by Gasteiger charge is -2.26. The van der Waals surface area contributed by atoms with E-state index in [4.69, 9.17) is 4.74 Å². The number of sulfonamides is 1. The van der Waals surface area contributed by atoms with Crippen LogP contribution in [0.25, 0.3) is 0 Å². The van der Waals surface area contributed by atoms with Crippen molar-refractivity contribution in [3.63, 3.8) is 0 Å². The summed E-state index contributed by atoms with van der Waals surface area (Å²) in [6, 6.07) is 4.75. The number of hydrogen-bond acceptors (Lipinski definition) is 4. The quantitative estimate of drug-likeness (QED) is 0.715. The molecular formula is C18H28N2O4S. The van der Waals surface area contributed by atoms with E-state index in [1.54, 1.807) is 12.1 Å². The van der Waals surface area contributed by atoms with Crippen molar-refractivity contribution in [3.8, 4) is 0 Å². The first-order valence-electron chi connectivity index (χ1n) is 8.93. The summed E-state index contributed by atoms with van der Waals surface area (Å²) in [4.78, 5) is 12.6. The standard InChI is InChI=1S/C18H28N2O4S/c1-3-4-5-6-9-19-18(21)17-14-16(8-7-15(17)2)25(22,23)20-10-12-24-13-11-20/h7-8,14H,3-6,9-13H2,1-2H3,(H,19,21). The van der Waals surface area contributed by atoms with E-state index in [1.807, 2.05) is 6.92 Å². The van der Waals surface area contributed by atoms with Crippen LogP contribution in [-0.4, -0.2) is 51.5 Å². The maximum atomic E-state index is 12.7. The first-order valence-corrected chi connectivity index (χ1v) is 10.4. The van der Waals surface area contributed by atoms with Crippen molar-refractivity contribution in [2.75, 3.05) is 32.8 Å². The van der Waals surface area contributed by atoms with Gasteiger partial charge in [0.2, 0.25) is 10.0 Å². The largest absolute Gasteiger partial charge is 0.379 e. The lowest BCUT2D eigenvalue weighted by Crippen LogP contribution is -2.40. The molecule has 1 N–H and O–H groups in total. The van der Waals surface area contributed by atoms with Crippen LogP contribution in [0.15, 0.2) is 23.1 Å². The summed E-state index contributed by atoms with van der Waals surface area (Å²) < 4.78 is 32.1. The van der Waals surface area contributed by atoms with E-state index in [9.17, 15) is 13.2 Å². The average Bonchev–Trinajstić information content (AvgIpc) is 2.62. The van der Waals surface area contributed by atoms with E-state index < -0.39 is 10.0 Å². The van der Waals surface area contributed by atoms with Crippen molar-refractivity contribution in [3.05, 3.63) is 29.3 Å². The van der Waals surface area contributed by atoms with E-state index in [1.165, 1.54) is 10.4 Å². The highest BCUT2D eigenvalue weighted by Gasteiger charge is 2.27. The number of nitrogens with zero attached hydrogens (tertiary/aromatic N) is 1. The second kappa shape index (κ2) is 9.31. The molecule has 1 saturated heterocycles. The predicted molar refractivity (Wildman–Crippen MR) is 97.2 cm³/mol. The van der Waals surface area contributed by atoms with Crippen LogP contribution >= 0.6 is 0 Å². The van der Waals surface area contributed by atoms with Gasteiger partial charge in [-0.15, -0.1) is 0 Å². The lowest BCUT2D eigenvalue weighted by atomic mass is 10.1. The van der Waals surface area contributed by atoms with Gasteiger partial charge in [-0.2, -0.15) is 4.31 Å². The number of carbonyl (C=O) groups is 1. The van der Waals surface area contributed by atoms with E-state index in [-0.39, 0.29) is 10.8 Å². The Bertz CT molecular complexity index is 682. The molecule has 1 heterocycles.